The summed E-state index contributed by atoms with van der Waals surface area (Å²) in [6.07, 6.45) is 6.97. The molecule has 2 aromatic rings. The minimum absolute atomic E-state index is 0.205. The van der Waals surface area contributed by atoms with Gasteiger partial charge in [0.25, 0.3) is 0 Å². The van der Waals surface area contributed by atoms with E-state index in [1.54, 1.807) is 4.68 Å². The molecule has 124 valence electrons. The Labute approximate surface area is 141 Å². The molecule has 4 rings (SSSR count). The molecule has 2 heterocycles. The number of amidine groups is 1. The fourth-order valence-electron chi connectivity index (χ4n) is 3.47. The second-order valence-electron chi connectivity index (χ2n) is 6.62. The van der Waals surface area contributed by atoms with Gasteiger partial charge in [-0.25, -0.2) is 4.99 Å². The summed E-state index contributed by atoms with van der Waals surface area (Å²) < 4.78 is 1.77. The highest BCUT2D eigenvalue weighted by atomic mass is 16.1. The number of carbonyl (C=O) groups is 1. The van der Waals surface area contributed by atoms with Gasteiger partial charge in [-0.05, 0) is 31.4 Å². The number of aliphatic imine (C=N–C) groups is 1. The van der Waals surface area contributed by atoms with E-state index in [4.69, 9.17) is 10.7 Å². The lowest BCUT2D eigenvalue weighted by Gasteiger charge is -2.38. The first kappa shape index (κ1) is 15.1. The number of fused-ring (bicyclic) bond motifs is 1. The van der Waals surface area contributed by atoms with Crippen molar-refractivity contribution in [1.29, 1.82) is 0 Å². The van der Waals surface area contributed by atoms with Crippen LogP contribution in [0.4, 0.5) is 5.69 Å². The molecule has 1 fully saturated rings. The van der Waals surface area contributed by atoms with Crippen LogP contribution in [0.3, 0.4) is 0 Å². The van der Waals surface area contributed by atoms with Crippen LogP contribution in [0, 0.1) is 0 Å². The maximum Gasteiger partial charge on any atom is 0.147 e. The summed E-state index contributed by atoms with van der Waals surface area (Å²) >= 11 is 0. The zero-order chi connectivity index (χ0) is 16.8. The second-order valence-corrected chi connectivity index (χ2v) is 6.62. The molecule has 6 nitrogen and oxygen atoms in total. The Morgan fingerprint density at radius 1 is 1.38 bits per heavy atom. The van der Waals surface area contributed by atoms with Gasteiger partial charge in [-0.2, -0.15) is 5.10 Å². The molecule has 1 unspecified atom stereocenters. The Hall–Kier alpha value is -2.47. The van der Waals surface area contributed by atoms with E-state index in [9.17, 15) is 4.79 Å². The van der Waals surface area contributed by atoms with Gasteiger partial charge >= 0.3 is 0 Å². The molecule has 6 heteroatoms. The molecule has 0 saturated heterocycles. The number of hydrogen-bond acceptors (Lipinski definition) is 5. The van der Waals surface area contributed by atoms with Gasteiger partial charge < -0.3 is 15.4 Å². The predicted octanol–water partition coefficient (Wildman–Crippen LogP) is 2.18. The smallest absolute Gasteiger partial charge is 0.147 e. The fourth-order valence-corrected chi connectivity index (χ4v) is 3.47. The topological polar surface area (TPSA) is 76.5 Å². The average molecular weight is 323 g/mol. The molecule has 2 atom stereocenters. The van der Waals surface area contributed by atoms with E-state index in [0.717, 1.165) is 47.3 Å². The maximum atomic E-state index is 12.1. The quantitative estimate of drug-likeness (QED) is 0.875. The van der Waals surface area contributed by atoms with Crippen LogP contribution in [0.15, 0.2) is 35.6 Å². The van der Waals surface area contributed by atoms with Crippen LogP contribution in [0.1, 0.15) is 31.4 Å². The number of carbonyl (C=O) groups excluding carboxylic acids is 1. The number of rotatable bonds is 4. The molecule has 1 saturated carbocycles. The number of aromatic nitrogens is 2. The van der Waals surface area contributed by atoms with Crippen LogP contribution < -0.4 is 5.73 Å². The normalized spacial score (nSPS) is 21.2. The Morgan fingerprint density at radius 3 is 2.75 bits per heavy atom. The first-order valence-corrected chi connectivity index (χ1v) is 8.30. The molecule has 0 bridgehead atoms. The molecule has 0 amide bonds. The van der Waals surface area contributed by atoms with E-state index < -0.39 is 0 Å². The van der Waals surface area contributed by atoms with Crippen LogP contribution in [0.5, 0.6) is 0 Å². The highest BCUT2D eigenvalue weighted by Gasteiger charge is 2.41. The Morgan fingerprint density at radius 2 is 2.17 bits per heavy atom. The van der Waals surface area contributed by atoms with Crippen molar-refractivity contribution in [2.75, 3.05) is 0 Å². The summed E-state index contributed by atoms with van der Waals surface area (Å²) in [5.41, 5.74) is 9.94. The summed E-state index contributed by atoms with van der Waals surface area (Å²) in [5.74, 6) is 0.811. The lowest BCUT2D eigenvalue weighted by Crippen LogP contribution is -2.47. The number of nitrogens with zero attached hydrogens (tertiary/aromatic N) is 4. The zero-order valence-corrected chi connectivity index (χ0v) is 13.9. The van der Waals surface area contributed by atoms with Crippen LogP contribution in [0.25, 0.3) is 11.1 Å². The van der Waals surface area contributed by atoms with Crippen LogP contribution in [0.2, 0.25) is 0 Å². The lowest BCUT2D eigenvalue weighted by atomic mass is 9.92. The average Bonchev–Trinajstić information content (AvgIpc) is 3.33. The van der Waals surface area contributed by atoms with E-state index in [-0.39, 0.29) is 12.1 Å². The lowest BCUT2D eigenvalue weighted by molar-refractivity contribution is -0.111. The second kappa shape index (κ2) is 5.56. The Balaban J connectivity index is 1.93. The van der Waals surface area contributed by atoms with Crippen LogP contribution in [-0.2, 0) is 11.8 Å². The minimum atomic E-state index is -0.345. The van der Waals surface area contributed by atoms with E-state index >= 15 is 0 Å². The van der Waals surface area contributed by atoms with Gasteiger partial charge in [-0.15, -0.1) is 0 Å². The largest absolute Gasteiger partial charge is 0.342 e. The molecule has 1 aromatic heterocycles. The first-order chi connectivity index (χ1) is 11.6. The molecular formula is C18H21N5O. The van der Waals surface area contributed by atoms with Crippen molar-refractivity contribution < 1.29 is 4.79 Å². The molecular weight excluding hydrogens is 302 g/mol. The van der Waals surface area contributed by atoms with Gasteiger partial charge in [0.2, 0.25) is 0 Å². The van der Waals surface area contributed by atoms with Crippen molar-refractivity contribution >= 4 is 17.8 Å². The molecule has 0 radical (unpaired) electrons. The van der Waals surface area contributed by atoms with Crippen molar-refractivity contribution in [3.63, 3.8) is 0 Å². The van der Waals surface area contributed by atoms with E-state index in [1.165, 1.54) is 0 Å². The SMILES string of the molecule is CC(N)C1=Nc2cccc(-c3cnn(C)c3)c2[C@@H](C=O)N1C1CC1. The van der Waals surface area contributed by atoms with Gasteiger partial charge in [0.05, 0.1) is 17.9 Å². The third-order valence-corrected chi connectivity index (χ3v) is 4.67. The summed E-state index contributed by atoms with van der Waals surface area (Å²) in [6, 6.07) is 5.77. The number of benzene rings is 1. The molecule has 0 spiro atoms. The van der Waals surface area contributed by atoms with E-state index in [0.29, 0.717) is 6.04 Å². The van der Waals surface area contributed by atoms with Crippen molar-refractivity contribution in [2.45, 2.75) is 37.9 Å². The third-order valence-electron chi connectivity index (χ3n) is 4.67. The van der Waals surface area contributed by atoms with Gasteiger partial charge in [-0.1, -0.05) is 12.1 Å². The highest BCUT2D eigenvalue weighted by Crippen LogP contribution is 2.44. The molecule has 1 aromatic carbocycles. The van der Waals surface area contributed by atoms with Crippen molar-refractivity contribution in [1.82, 2.24) is 14.7 Å². The number of aldehydes is 1. The van der Waals surface area contributed by atoms with Gasteiger partial charge in [0.15, 0.2) is 0 Å². The summed E-state index contributed by atoms with van der Waals surface area (Å²) in [5, 5.41) is 4.26. The van der Waals surface area contributed by atoms with Crippen molar-refractivity contribution in [3.8, 4) is 11.1 Å². The summed E-state index contributed by atoms with van der Waals surface area (Å²) in [4.78, 5) is 19.0. The third kappa shape index (κ3) is 2.34. The monoisotopic (exact) mass is 323 g/mol. The minimum Gasteiger partial charge on any atom is -0.342 e. The number of aryl methyl sites for hydroxylation is 1. The van der Waals surface area contributed by atoms with Crippen LogP contribution >= 0.6 is 0 Å². The van der Waals surface area contributed by atoms with Gasteiger partial charge in [0, 0.05) is 30.4 Å². The van der Waals surface area contributed by atoms with Gasteiger partial charge in [0.1, 0.15) is 18.2 Å². The summed E-state index contributed by atoms with van der Waals surface area (Å²) in [6.45, 7) is 1.92. The summed E-state index contributed by atoms with van der Waals surface area (Å²) in [7, 11) is 1.89. The maximum absolute atomic E-state index is 12.1. The highest BCUT2D eigenvalue weighted by molar-refractivity contribution is 5.96. The molecule has 2 aliphatic rings. The van der Waals surface area contributed by atoms with E-state index in [2.05, 4.69) is 10.00 Å². The molecule has 1 aliphatic heterocycles. The van der Waals surface area contributed by atoms with Gasteiger partial charge in [-0.3, -0.25) is 4.68 Å². The number of hydrogen-bond donors (Lipinski definition) is 1. The molecule has 1 aliphatic carbocycles. The van der Waals surface area contributed by atoms with Crippen LogP contribution in [-0.4, -0.2) is 38.9 Å². The molecule has 2 N–H and O–H groups in total. The zero-order valence-electron chi connectivity index (χ0n) is 13.9. The fraction of sp³-hybridized carbons (Fsp3) is 0.389. The Kier molecular flexibility index (Phi) is 3.49. The van der Waals surface area contributed by atoms with Crippen molar-refractivity contribution in [3.05, 3.63) is 36.2 Å². The van der Waals surface area contributed by atoms with E-state index in [1.807, 2.05) is 44.6 Å². The predicted molar refractivity (Wildman–Crippen MR) is 93.1 cm³/mol. The molecule has 24 heavy (non-hydrogen) atoms. The standard InChI is InChI=1S/C18H21N5O/c1-11(19)18-21-15-5-3-4-14(12-8-20-22(2)9-12)17(15)16(10-24)23(18)13-6-7-13/h3-5,8-11,13,16H,6-7,19H2,1-2H3/t11?,16-/m1/s1. The Bertz CT molecular complexity index is 819. The van der Waals surface area contributed by atoms with Crippen molar-refractivity contribution in [2.24, 2.45) is 17.8 Å². The number of nitrogens with two attached hydrogens (primary N) is 1. The first-order valence-electron chi connectivity index (χ1n) is 8.30.